The van der Waals surface area contributed by atoms with Crippen LogP contribution < -0.4 is 10.6 Å². The topological polar surface area (TPSA) is 88.9 Å². The Morgan fingerprint density at radius 3 is 2.73 bits per heavy atom. The Labute approximate surface area is 200 Å². The van der Waals surface area contributed by atoms with E-state index in [9.17, 15) is 14.0 Å². The molecule has 2 N–H and O–H groups in total. The summed E-state index contributed by atoms with van der Waals surface area (Å²) < 4.78 is 15.7. The first kappa shape index (κ1) is 24.5. The number of thioether (sulfide) groups is 1. The molecule has 0 aliphatic carbocycles. The third-order valence-corrected chi connectivity index (χ3v) is 6.16. The maximum absolute atomic E-state index is 13.9. The highest BCUT2D eigenvalue weighted by atomic mass is 35.5. The highest BCUT2D eigenvalue weighted by Gasteiger charge is 2.21. The van der Waals surface area contributed by atoms with Crippen LogP contribution in [0.5, 0.6) is 0 Å². The molecular weight excluding hydrogens is 465 g/mol. The molecule has 7 nitrogen and oxygen atoms in total. The van der Waals surface area contributed by atoms with Gasteiger partial charge in [0, 0.05) is 17.3 Å². The smallest absolute Gasteiger partial charge is 0.254 e. The lowest BCUT2D eigenvalue weighted by Crippen LogP contribution is -2.29. The van der Waals surface area contributed by atoms with E-state index in [2.05, 4.69) is 27.4 Å². The second-order valence-electron chi connectivity index (χ2n) is 7.16. The zero-order valence-electron chi connectivity index (χ0n) is 18.1. The number of carbonyl (C=O) groups is 2. The number of rotatable bonds is 9. The van der Waals surface area contributed by atoms with Crippen molar-refractivity contribution in [2.24, 2.45) is 0 Å². The summed E-state index contributed by atoms with van der Waals surface area (Å²) in [5, 5.41) is 15.0. The van der Waals surface area contributed by atoms with Crippen LogP contribution in [-0.2, 0) is 11.3 Å². The molecule has 33 heavy (non-hydrogen) atoms. The lowest BCUT2D eigenvalue weighted by Gasteiger charge is -2.15. The fourth-order valence-electron chi connectivity index (χ4n) is 3.07. The van der Waals surface area contributed by atoms with Crippen LogP contribution in [0.4, 0.5) is 10.1 Å². The zero-order valence-corrected chi connectivity index (χ0v) is 19.7. The number of anilines is 1. The molecule has 1 atom stereocenters. The van der Waals surface area contributed by atoms with E-state index < -0.39 is 17.8 Å². The molecule has 3 rings (SSSR count). The fraction of sp³-hybridized carbons (Fsp3) is 0.217. The average Bonchev–Trinajstić information content (AvgIpc) is 3.18. The van der Waals surface area contributed by atoms with Crippen molar-refractivity contribution in [1.82, 2.24) is 20.1 Å². The standard InChI is InChI=1S/C23H23ClFN5O2S/c1-4-12-30-21(15(3)26-22(32)16-8-5-6-10-18(16)25)28-29-23(30)33-13-20(31)27-19-11-7-9-17(24)14(19)2/h4-11,15H,1,12-13H2,2-3H3,(H,26,32)(H,27,31)/t15-/m0/s1. The van der Waals surface area contributed by atoms with Gasteiger partial charge in [-0.3, -0.25) is 9.59 Å². The summed E-state index contributed by atoms with van der Waals surface area (Å²) >= 11 is 7.31. The molecule has 0 bridgehead atoms. The van der Waals surface area contributed by atoms with E-state index in [1.54, 1.807) is 41.8 Å². The predicted molar refractivity (Wildman–Crippen MR) is 128 cm³/mol. The van der Waals surface area contributed by atoms with Crippen molar-refractivity contribution < 1.29 is 14.0 Å². The van der Waals surface area contributed by atoms with E-state index in [-0.39, 0.29) is 17.2 Å². The van der Waals surface area contributed by atoms with Gasteiger partial charge in [0.1, 0.15) is 5.82 Å². The second kappa shape index (κ2) is 11.1. The van der Waals surface area contributed by atoms with Gasteiger partial charge in [0.25, 0.3) is 5.91 Å². The Hall–Kier alpha value is -3.17. The number of benzene rings is 2. The van der Waals surface area contributed by atoms with Gasteiger partial charge < -0.3 is 15.2 Å². The van der Waals surface area contributed by atoms with Crippen molar-refractivity contribution in [3.63, 3.8) is 0 Å². The van der Waals surface area contributed by atoms with Crippen LogP contribution in [0.1, 0.15) is 34.7 Å². The summed E-state index contributed by atoms with van der Waals surface area (Å²) in [4.78, 5) is 24.9. The molecular formula is C23H23ClFN5O2S. The molecule has 1 aromatic heterocycles. The molecule has 0 aliphatic rings. The number of halogens is 2. The third kappa shape index (κ3) is 6.00. The Bertz CT molecular complexity index is 1180. The minimum absolute atomic E-state index is 0.0540. The first-order chi connectivity index (χ1) is 15.8. The van der Waals surface area contributed by atoms with Crippen LogP contribution in [0.3, 0.4) is 0 Å². The molecule has 2 amide bonds. The summed E-state index contributed by atoms with van der Waals surface area (Å²) in [6.45, 7) is 7.68. The number of allylic oxidation sites excluding steroid dienone is 1. The first-order valence-electron chi connectivity index (χ1n) is 10.1. The van der Waals surface area contributed by atoms with Gasteiger partial charge in [0.15, 0.2) is 11.0 Å². The fourth-order valence-corrected chi connectivity index (χ4v) is 4.00. The van der Waals surface area contributed by atoms with Crippen molar-refractivity contribution in [3.05, 3.63) is 82.9 Å². The number of carbonyl (C=O) groups excluding carboxylic acids is 2. The van der Waals surface area contributed by atoms with Crippen molar-refractivity contribution in [1.29, 1.82) is 0 Å². The average molecular weight is 488 g/mol. The Balaban J connectivity index is 1.69. The molecule has 2 aromatic carbocycles. The van der Waals surface area contributed by atoms with Crippen LogP contribution in [0.25, 0.3) is 0 Å². The highest BCUT2D eigenvalue weighted by Crippen LogP contribution is 2.25. The quantitative estimate of drug-likeness (QED) is 0.335. The molecule has 0 fully saturated rings. The monoisotopic (exact) mass is 487 g/mol. The Morgan fingerprint density at radius 2 is 2.00 bits per heavy atom. The first-order valence-corrected chi connectivity index (χ1v) is 11.4. The lowest BCUT2D eigenvalue weighted by atomic mass is 10.2. The summed E-state index contributed by atoms with van der Waals surface area (Å²) in [5.41, 5.74) is 1.38. The lowest BCUT2D eigenvalue weighted by molar-refractivity contribution is -0.113. The number of nitrogens with one attached hydrogen (secondary N) is 2. The highest BCUT2D eigenvalue weighted by molar-refractivity contribution is 7.99. The Morgan fingerprint density at radius 1 is 1.24 bits per heavy atom. The second-order valence-corrected chi connectivity index (χ2v) is 8.51. The van der Waals surface area contributed by atoms with Crippen LogP contribution in [0, 0.1) is 12.7 Å². The molecule has 172 valence electrons. The molecule has 0 saturated heterocycles. The number of nitrogens with zero attached hydrogens (tertiary/aromatic N) is 3. The van der Waals surface area contributed by atoms with Crippen molar-refractivity contribution in [3.8, 4) is 0 Å². The third-order valence-electron chi connectivity index (χ3n) is 4.78. The van der Waals surface area contributed by atoms with Crippen LogP contribution in [0.15, 0.2) is 60.3 Å². The van der Waals surface area contributed by atoms with Crippen molar-refractivity contribution in [2.45, 2.75) is 31.6 Å². The van der Waals surface area contributed by atoms with Gasteiger partial charge in [-0.15, -0.1) is 16.8 Å². The molecule has 0 unspecified atom stereocenters. The van der Waals surface area contributed by atoms with Gasteiger partial charge in [-0.25, -0.2) is 4.39 Å². The van der Waals surface area contributed by atoms with Crippen molar-refractivity contribution in [2.75, 3.05) is 11.1 Å². The van der Waals surface area contributed by atoms with Gasteiger partial charge in [-0.2, -0.15) is 0 Å². The van der Waals surface area contributed by atoms with E-state index in [1.807, 2.05) is 6.92 Å². The van der Waals surface area contributed by atoms with E-state index >= 15 is 0 Å². The number of hydrogen-bond donors (Lipinski definition) is 2. The maximum atomic E-state index is 13.9. The van der Waals surface area contributed by atoms with Gasteiger partial charge in [0.2, 0.25) is 5.91 Å². The van der Waals surface area contributed by atoms with Crippen LogP contribution in [-0.4, -0.2) is 32.3 Å². The summed E-state index contributed by atoms with van der Waals surface area (Å²) in [6.07, 6.45) is 1.66. The molecule has 0 aliphatic heterocycles. The van der Waals surface area contributed by atoms with E-state index in [1.165, 1.54) is 30.0 Å². The SMILES string of the molecule is C=CCn1c(SCC(=O)Nc2cccc(Cl)c2C)nnc1[C@H](C)NC(=O)c1ccccc1F. The molecule has 0 spiro atoms. The molecule has 3 aromatic rings. The minimum atomic E-state index is -0.605. The van der Waals surface area contributed by atoms with E-state index in [0.29, 0.717) is 28.2 Å². The van der Waals surface area contributed by atoms with E-state index in [0.717, 1.165) is 5.56 Å². The van der Waals surface area contributed by atoms with Gasteiger partial charge >= 0.3 is 0 Å². The van der Waals surface area contributed by atoms with E-state index in [4.69, 9.17) is 11.6 Å². The van der Waals surface area contributed by atoms with Gasteiger partial charge in [-0.1, -0.05) is 47.6 Å². The molecule has 1 heterocycles. The van der Waals surface area contributed by atoms with Crippen LogP contribution >= 0.6 is 23.4 Å². The number of aromatic nitrogens is 3. The van der Waals surface area contributed by atoms with Crippen molar-refractivity contribution >= 4 is 40.9 Å². The molecule has 10 heteroatoms. The molecule has 0 radical (unpaired) electrons. The summed E-state index contributed by atoms with van der Waals surface area (Å²) in [5.74, 6) is -0.822. The zero-order chi connectivity index (χ0) is 24.0. The normalized spacial score (nSPS) is 11.6. The maximum Gasteiger partial charge on any atom is 0.254 e. The Kier molecular flexibility index (Phi) is 8.24. The number of hydrogen-bond acceptors (Lipinski definition) is 5. The minimum Gasteiger partial charge on any atom is -0.342 e. The van der Waals surface area contributed by atoms with Crippen LogP contribution in [0.2, 0.25) is 5.02 Å². The van der Waals surface area contributed by atoms with Gasteiger partial charge in [0.05, 0.1) is 17.4 Å². The molecule has 0 saturated carbocycles. The number of amides is 2. The largest absolute Gasteiger partial charge is 0.342 e. The van der Waals surface area contributed by atoms with Gasteiger partial charge in [-0.05, 0) is 43.7 Å². The summed E-state index contributed by atoms with van der Waals surface area (Å²) in [7, 11) is 0. The summed E-state index contributed by atoms with van der Waals surface area (Å²) in [6, 6.07) is 10.5. The predicted octanol–water partition coefficient (Wildman–Crippen LogP) is 4.79.